The highest BCUT2D eigenvalue weighted by molar-refractivity contribution is 9.10. The third-order valence-corrected chi connectivity index (χ3v) is 2.34. The van der Waals surface area contributed by atoms with E-state index in [1.807, 2.05) is 13.8 Å². The van der Waals surface area contributed by atoms with Gasteiger partial charge in [0.15, 0.2) is 0 Å². The molecular weight excluding hydrogens is 276 g/mol. The Morgan fingerprint density at radius 3 is 2.81 bits per heavy atom. The van der Waals surface area contributed by atoms with Crippen molar-refractivity contribution in [2.75, 3.05) is 13.2 Å². The van der Waals surface area contributed by atoms with E-state index in [4.69, 9.17) is 9.47 Å². The second-order valence-electron chi connectivity index (χ2n) is 3.07. The molecule has 0 saturated carbocycles. The van der Waals surface area contributed by atoms with Crippen LogP contribution in [-0.2, 0) is 9.47 Å². The second kappa shape index (κ2) is 6.00. The first-order valence-electron chi connectivity index (χ1n) is 5.13. The van der Waals surface area contributed by atoms with Crippen LogP contribution in [0.5, 0.6) is 0 Å². The number of esters is 1. The lowest BCUT2D eigenvalue weighted by atomic mass is 10.5. The van der Waals surface area contributed by atoms with Gasteiger partial charge in [-0.2, -0.15) is 0 Å². The zero-order valence-corrected chi connectivity index (χ0v) is 11.2. The summed E-state index contributed by atoms with van der Waals surface area (Å²) < 4.78 is 12.5. The van der Waals surface area contributed by atoms with E-state index < -0.39 is 5.97 Å². The monoisotopic (exact) mass is 290 g/mol. The van der Waals surface area contributed by atoms with Crippen LogP contribution in [0.15, 0.2) is 10.8 Å². The molecule has 1 rings (SSSR count). The molecule has 1 unspecified atom stereocenters. The predicted octanol–water partition coefficient (Wildman–Crippen LogP) is 2.38. The van der Waals surface area contributed by atoms with Crippen LogP contribution < -0.4 is 0 Å². The van der Waals surface area contributed by atoms with Crippen molar-refractivity contribution >= 4 is 21.9 Å². The van der Waals surface area contributed by atoms with Crippen LogP contribution in [0.1, 0.15) is 37.6 Å². The summed E-state index contributed by atoms with van der Waals surface area (Å²) in [5.74, 6) is -0.200. The molecule has 0 N–H and O–H groups in total. The Bertz CT molecular complexity index is 365. The summed E-state index contributed by atoms with van der Waals surface area (Å²) in [6, 6.07) is 0. The van der Waals surface area contributed by atoms with Crippen molar-refractivity contribution in [3.8, 4) is 0 Å². The first-order chi connectivity index (χ1) is 7.60. The average Bonchev–Trinajstić information content (AvgIpc) is 2.61. The highest BCUT2D eigenvalue weighted by atomic mass is 79.9. The molecule has 90 valence electrons. The fraction of sp³-hybridized carbons (Fsp3) is 0.600. The Hall–Kier alpha value is -0.880. The Morgan fingerprint density at radius 2 is 2.25 bits per heavy atom. The Kier molecular flexibility index (Phi) is 4.95. The molecular formula is C10H15BrN2O3. The fourth-order valence-corrected chi connectivity index (χ4v) is 1.70. The average molecular weight is 291 g/mol. The minimum absolute atomic E-state index is 0.245. The molecule has 1 aromatic rings. The molecule has 0 aliphatic carbocycles. The zero-order valence-electron chi connectivity index (χ0n) is 9.57. The van der Waals surface area contributed by atoms with Crippen LogP contribution in [0.3, 0.4) is 0 Å². The minimum Gasteiger partial charge on any atom is -0.460 e. The number of hydrogen-bond donors (Lipinski definition) is 0. The van der Waals surface area contributed by atoms with Crippen molar-refractivity contribution < 1.29 is 14.3 Å². The Morgan fingerprint density at radius 1 is 1.56 bits per heavy atom. The van der Waals surface area contributed by atoms with Crippen LogP contribution in [-0.4, -0.2) is 28.7 Å². The van der Waals surface area contributed by atoms with E-state index in [1.165, 1.54) is 0 Å². The third-order valence-electron chi connectivity index (χ3n) is 1.96. The SMILES string of the molecule is CCOC(=O)c1nc(Br)cn1C(C)OCC. The molecule has 0 aromatic carbocycles. The van der Waals surface area contributed by atoms with Crippen molar-refractivity contribution in [1.82, 2.24) is 9.55 Å². The lowest BCUT2D eigenvalue weighted by Crippen LogP contribution is -2.17. The smallest absolute Gasteiger partial charge is 0.374 e. The highest BCUT2D eigenvalue weighted by Crippen LogP contribution is 2.17. The lowest BCUT2D eigenvalue weighted by molar-refractivity contribution is 0.0180. The van der Waals surface area contributed by atoms with Gasteiger partial charge in [-0.1, -0.05) is 0 Å². The van der Waals surface area contributed by atoms with Gasteiger partial charge in [0.25, 0.3) is 0 Å². The quantitative estimate of drug-likeness (QED) is 0.782. The molecule has 6 heteroatoms. The van der Waals surface area contributed by atoms with Gasteiger partial charge in [-0.25, -0.2) is 9.78 Å². The fourth-order valence-electron chi connectivity index (χ4n) is 1.31. The minimum atomic E-state index is -0.445. The maximum atomic E-state index is 11.6. The second-order valence-corrected chi connectivity index (χ2v) is 3.88. The lowest BCUT2D eigenvalue weighted by Gasteiger charge is -2.15. The van der Waals surface area contributed by atoms with Crippen molar-refractivity contribution in [1.29, 1.82) is 0 Å². The molecule has 1 aromatic heterocycles. The van der Waals surface area contributed by atoms with Crippen molar-refractivity contribution in [3.63, 3.8) is 0 Å². The molecule has 5 nitrogen and oxygen atoms in total. The summed E-state index contributed by atoms with van der Waals surface area (Å²) >= 11 is 3.23. The number of aromatic nitrogens is 2. The largest absolute Gasteiger partial charge is 0.460 e. The first-order valence-corrected chi connectivity index (χ1v) is 5.92. The van der Waals surface area contributed by atoms with Crippen LogP contribution in [0, 0.1) is 0 Å². The Balaban J connectivity index is 2.95. The molecule has 16 heavy (non-hydrogen) atoms. The normalized spacial score (nSPS) is 12.5. The molecule has 0 fully saturated rings. The van der Waals surface area contributed by atoms with E-state index in [1.54, 1.807) is 17.7 Å². The van der Waals surface area contributed by atoms with E-state index >= 15 is 0 Å². The van der Waals surface area contributed by atoms with Gasteiger partial charge in [0.1, 0.15) is 10.8 Å². The van der Waals surface area contributed by atoms with Gasteiger partial charge in [0.2, 0.25) is 5.82 Å². The van der Waals surface area contributed by atoms with Crippen LogP contribution >= 0.6 is 15.9 Å². The van der Waals surface area contributed by atoms with E-state index in [2.05, 4.69) is 20.9 Å². The molecule has 0 aliphatic heterocycles. The van der Waals surface area contributed by atoms with Crippen molar-refractivity contribution in [2.45, 2.75) is 27.0 Å². The maximum absolute atomic E-state index is 11.6. The number of rotatable bonds is 5. The van der Waals surface area contributed by atoms with Gasteiger partial charge < -0.3 is 9.47 Å². The molecule has 0 bridgehead atoms. The third kappa shape index (κ3) is 3.05. The molecule has 0 spiro atoms. The predicted molar refractivity (Wildman–Crippen MR) is 62.2 cm³/mol. The number of ether oxygens (including phenoxy) is 2. The highest BCUT2D eigenvalue weighted by Gasteiger charge is 2.19. The summed E-state index contributed by atoms with van der Waals surface area (Å²) in [6.07, 6.45) is 1.45. The number of carbonyl (C=O) groups excluding carboxylic acids is 1. The van der Waals surface area contributed by atoms with Crippen molar-refractivity contribution in [2.24, 2.45) is 0 Å². The Labute approximate surface area is 103 Å². The summed E-state index contributed by atoms with van der Waals surface area (Å²) in [4.78, 5) is 15.7. The van der Waals surface area contributed by atoms with Crippen LogP contribution in [0.4, 0.5) is 0 Å². The maximum Gasteiger partial charge on any atom is 0.374 e. The molecule has 0 radical (unpaired) electrons. The molecule has 0 amide bonds. The number of nitrogens with zero attached hydrogens (tertiary/aromatic N) is 2. The number of carbonyl (C=O) groups is 1. The molecule has 0 aliphatic rings. The standard InChI is InChI=1S/C10H15BrN2O3/c1-4-15-7(3)13-6-8(11)12-9(13)10(14)16-5-2/h6-7H,4-5H2,1-3H3. The number of halogens is 1. The van der Waals surface area contributed by atoms with Crippen LogP contribution in [0.2, 0.25) is 0 Å². The van der Waals surface area contributed by atoms with E-state index in [9.17, 15) is 4.79 Å². The summed E-state index contributed by atoms with van der Waals surface area (Å²) in [5.41, 5.74) is 0. The molecule has 1 heterocycles. The molecule has 1 atom stereocenters. The van der Waals surface area contributed by atoms with Gasteiger partial charge in [-0.15, -0.1) is 0 Å². The summed E-state index contributed by atoms with van der Waals surface area (Å²) in [6.45, 7) is 6.39. The first kappa shape index (κ1) is 13.2. The van der Waals surface area contributed by atoms with Crippen molar-refractivity contribution in [3.05, 3.63) is 16.6 Å². The topological polar surface area (TPSA) is 53.3 Å². The van der Waals surface area contributed by atoms with Crippen LogP contribution in [0.25, 0.3) is 0 Å². The number of hydrogen-bond acceptors (Lipinski definition) is 4. The van der Waals surface area contributed by atoms with Gasteiger partial charge >= 0.3 is 5.97 Å². The zero-order chi connectivity index (χ0) is 12.1. The van der Waals surface area contributed by atoms with Gasteiger partial charge in [0, 0.05) is 12.8 Å². The van der Waals surface area contributed by atoms with E-state index in [0.717, 1.165) is 0 Å². The van der Waals surface area contributed by atoms with E-state index in [-0.39, 0.29) is 12.1 Å². The summed E-state index contributed by atoms with van der Waals surface area (Å²) in [5, 5.41) is 0. The summed E-state index contributed by atoms with van der Waals surface area (Å²) in [7, 11) is 0. The van der Waals surface area contributed by atoms with Gasteiger partial charge in [0.05, 0.1) is 6.61 Å². The number of imidazole rings is 1. The van der Waals surface area contributed by atoms with Gasteiger partial charge in [-0.3, -0.25) is 4.57 Å². The van der Waals surface area contributed by atoms with Gasteiger partial charge in [-0.05, 0) is 36.7 Å². The van der Waals surface area contributed by atoms with E-state index in [0.29, 0.717) is 17.8 Å². The molecule has 0 saturated heterocycles.